The predicted octanol–water partition coefficient (Wildman–Crippen LogP) is 6.76. The van der Waals surface area contributed by atoms with Crippen LogP contribution in [-0.2, 0) is 4.79 Å². The van der Waals surface area contributed by atoms with Crippen molar-refractivity contribution in [3.05, 3.63) is 101 Å². The Labute approximate surface area is 195 Å². The van der Waals surface area contributed by atoms with Crippen molar-refractivity contribution in [2.45, 2.75) is 51.7 Å². The molecule has 4 heteroatoms. The summed E-state index contributed by atoms with van der Waals surface area (Å²) in [6.07, 6.45) is 1.44. The minimum Gasteiger partial charge on any atom is -0.491 e. The Kier molecular flexibility index (Phi) is 5.67. The molecular weight excluding hydrogens is 408 g/mol. The Balaban J connectivity index is 1.52. The van der Waals surface area contributed by atoms with E-state index < -0.39 is 0 Å². The summed E-state index contributed by atoms with van der Waals surface area (Å²) in [7, 11) is 0. The topological polar surface area (TPSA) is 50.4 Å². The second-order valence-corrected chi connectivity index (χ2v) is 9.32. The van der Waals surface area contributed by atoms with E-state index in [0.29, 0.717) is 6.42 Å². The quantitative estimate of drug-likeness (QED) is 0.472. The highest BCUT2D eigenvalue weighted by Crippen LogP contribution is 2.44. The molecule has 0 amide bonds. The monoisotopic (exact) mass is 438 g/mol. The summed E-state index contributed by atoms with van der Waals surface area (Å²) in [5, 5.41) is 7.27. The molecule has 3 aromatic carbocycles. The van der Waals surface area contributed by atoms with Crippen LogP contribution in [0, 0.1) is 6.92 Å². The van der Waals surface area contributed by atoms with Crippen LogP contribution in [0.15, 0.2) is 84.1 Å². The molecule has 2 atom stereocenters. The maximum atomic E-state index is 13.6. The number of carbonyl (C=O) groups excluding carboxylic acids is 1. The molecule has 0 saturated heterocycles. The molecule has 2 unspecified atom stereocenters. The third-order valence-electron chi connectivity index (χ3n) is 6.41. The van der Waals surface area contributed by atoms with Gasteiger partial charge >= 0.3 is 0 Å². The molecular formula is C29H30N2O2. The molecule has 3 aromatic rings. The van der Waals surface area contributed by atoms with Gasteiger partial charge in [0.25, 0.3) is 0 Å². The lowest BCUT2D eigenvalue weighted by molar-refractivity contribution is -0.116. The minimum atomic E-state index is -0.175. The summed E-state index contributed by atoms with van der Waals surface area (Å²) >= 11 is 0. The average molecular weight is 439 g/mol. The molecule has 4 nitrogen and oxygen atoms in total. The van der Waals surface area contributed by atoms with Crippen molar-refractivity contribution in [2.24, 2.45) is 0 Å². The molecule has 5 rings (SSSR count). The Morgan fingerprint density at radius 1 is 0.879 bits per heavy atom. The summed E-state index contributed by atoms with van der Waals surface area (Å²) in [4.78, 5) is 13.6. The summed E-state index contributed by atoms with van der Waals surface area (Å²) in [5.74, 6) is 1.20. The smallest absolute Gasteiger partial charge is 0.163 e. The van der Waals surface area contributed by atoms with Gasteiger partial charge in [0, 0.05) is 17.7 Å². The van der Waals surface area contributed by atoms with Crippen molar-refractivity contribution < 1.29 is 9.53 Å². The Morgan fingerprint density at radius 2 is 1.64 bits per heavy atom. The standard InChI is InChI=1S/C29H30N2O2/c1-18(2)33-23-13-11-20(12-14-23)22-16-26-28(27(32)17-22)29(21-8-6-7-19(3)15-21)31-25-10-5-4-9-24(25)30-26/h4-15,18,22,29-31H,16-17H2,1-3H3. The molecule has 1 aliphatic heterocycles. The Hall–Kier alpha value is -3.53. The fourth-order valence-electron chi connectivity index (χ4n) is 4.92. The van der Waals surface area contributed by atoms with E-state index in [1.807, 2.05) is 38.1 Å². The summed E-state index contributed by atoms with van der Waals surface area (Å²) in [5.41, 5.74) is 7.36. The highest BCUT2D eigenvalue weighted by molar-refractivity contribution is 6.01. The number of benzene rings is 3. The first kappa shape index (κ1) is 21.3. The van der Waals surface area contributed by atoms with Crippen molar-refractivity contribution in [3.63, 3.8) is 0 Å². The number of ether oxygens (including phenoxy) is 1. The number of carbonyl (C=O) groups is 1. The van der Waals surface area contributed by atoms with Gasteiger partial charge in [0.15, 0.2) is 5.78 Å². The van der Waals surface area contributed by atoms with Gasteiger partial charge in [-0.3, -0.25) is 4.79 Å². The molecule has 0 spiro atoms. The van der Waals surface area contributed by atoms with E-state index in [1.165, 1.54) is 11.1 Å². The van der Waals surface area contributed by atoms with Crippen molar-refractivity contribution in [3.8, 4) is 5.75 Å². The van der Waals surface area contributed by atoms with Crippen molar-refractivity contribution in [1.82, 2.24) is 0 Å². The van der Waals surface area contributed by atoms with Gasteiger partial charge in [-0.15, -0.1) is 0 Å². The van der Waals surface area contributed by atoms with E-state index in [9.17, 15) is 4.79 Å². The van der Waals surface area contributed by atoms with Crippen LogP contribution in [0.5, 0.6) is 5.75 Å². The first-order chi connectivity index (χ1) is 16.0. The summed E-state index contributed by atoms with van der Waals surface area (Å²) in [6.45, 7) is 6.14. The molecule has 2 aliphatic rings. The molecule has 0 saturated carbocycles. The zero-order chi connectivity index (χ0) is 22.9. The van der Waals surface area contributed by atoms with Crippen LogP contribution < -0.4 is 15.4 Å². The molecule has 0 fully saturated rings. The number of ketones is 1. The zero-order valence-electron chi connectivity index (χ0n) is 19.4. The van der Waals surface area contributed by atoms with Crippen molar-refractivity contribution in [1.29, 1.82) is 0 Å². The largest absolute Gasteiger partial charge is 0.491 e. The van der Waals surface area contributed by atoms with E-state index in [-0.39, 0.29) is 23.8 Å². The number of hydrogen-bond acceptors (Lipinski definition) is 4. The van der Waals surface area contributed by atoms with Crippen LogP contribution in [0.2, 0.25) is 0 Å². The first-order valence-electron chi connectivity index (χ1n) is 11.7. The van der Waals surface area contributed by atoms with E-state index >= 15 is 0 Å². The zero-order valence-corrected chi connectivity index (χ0v) is 19.4. The number of fused-ring (bicyclic) bond motifs is 1. The van der Waals surface area contributed by atoms with E-state index in [0.717, 1.165) is 40.4 Å². The normalized spacial score (nSPS) is 19.8. The van der Waals surface area contributed by atoms with Gasteiger partial charge in [-0.1, -0.05) is 54.1 Å². The lowest BCUT2D eigenvalue weighted by atomic mass is 9.78. The first-order valence-corrected chi connectivity index (χ1v) is 11.7. The van der Waals surface area contributed by atoms with Crippen LogP contribution in [-0.4, -0.2) is 11.9 Å². The van der Waals surface area contributed by atoms with Crippen LogP contribution >= 0.6 is 0 Å². The second kappa shape index (κ2) is 8.78. The molecule has 168 valence electrons. The number of para-hydroxylation sites is 2. The van der Waals surface area contributed by atoms with Gasteiger partial charge < -0.3 is 15.4 Å². The highest BCUT2D eigenvalue weighted by atomic mass is 16.5. The summed E-state index contributed by atoms with van der Waals surface area (Å²) < 4.78 is 5.79. The third-order valence-corrected chi connectivity index (χ3v) is 6.41. The molecule has 1 heterocycles. The van der Waals surface area contributed by atoms with Gasteiger partial charge in [-0.2, -0.15) is 0 Å². The number of rotatable bonds is 4. The van der Waals surface area contributed by atoms with E-state index in [4.69, 9.17) is 4.74 Å². The van der Waals surface area contributed by atoms with Gasteiger partial charge in [0.05, 0.1) is 23.5 Å². The molecule has 33 heavy (non-hydrogen) atoms. The maximum absolute atomic E-state index is 13.6. The molecule has 0 radical (unpaired) electrons. The predicted molar refractivity (Wildman–Crippen MR) is 134 cm³/mol. The Morgan fingerprint density at radius 3 is 2.36 bits per heavy atom. The van der Waals surface area contributed by atoms with E-state index in [2.05, 4.69) is 66.1 Å². The van der Waals surface area contributed by atoms with Crippen LogP contribution in [0.4, 0.5) is 11.4 Å². The van der Waals surface area contributed by atoms with Gasteiger partial charge in [-0.05, 0) is 68.5 Å². The summed E-state index contributed by atoms with van der Waals surface area (Å²) in [6, 6.07) is 24.7. The van der Waals surface area contributed by atoms with Crippen LogP contribution in [0.25, 0.3) is 0 Å². The second-order valence-electron chi connectivity index (χ2n) is 9.32. The van der Waals surface area contributed by atoms with Crippen LogP contribution in [0.3, 0.4) is 0 Å². The van der Waals surface area contributed by atoms with Crippen molar-refractivity contribution in [2.75, 3.05) is 10.6 Å². The van der Waals surface area contributed by atoms with Gasteiger partial charge in [0.2, 0.25) is 0 Å². The Bertz CT molecular complexity index is 1210. The number of aryl methyl sites for hydroxylation is 1. The fourth-order valence-corrected chi connectivity index (χ4v) is 4.92. The van der Waals surface area contributed by atoms with Crippen LogP contribution in [0.1, 0.15) is 55.3 Å². The fraction of sp³-hybridized carbons (Fsp3) is 0.276. The lowest BCUT2D eigenvalue weighted by Gasteiger charge is -2.30. The number of nitrogens with one attached hydrogen (secondary N) is 2. The minimum absolute atomic E-state index is 0.139. The SMILES string of the molecule is Cc1cccc(C2Nc3ccccc3NC3=C2C(=O)CC(c2ccc(OC(C)C)cc2)C3)c1. The molecule has 2 N–H and O–H groups in total. The number of allylic oxidation sites excluding steroid dienone is 1. The molecule has 0 aromatic heterocycles. The number of anilines is 2. The maximum Gasteiger partial charge on any atom is 0.163 e. The van der Waals surface area contributed by atoms with Crippen molar-refractivity contribution >= 4 is 17.2 Å². The molecule has 1 aliphatic carbocycles. The average Bonchev–Trinajstić information content (AvgIpc) is 2.96. The van der Waals surface area contributed by atoms with Gasteiger partial charge in [0.1, 0.15) is 5.75 Å². The molecule has 0 bridgehead atoms. The number of hydrogen-bond donors (Lipinski definition) is 2. The lowest BCUT2D eigenvalue weighted by Crippen LogP contribution is -2.26. The van der Waals surface area contributed by atoms with E-state index in [1.54, 1.807) is 0 Å². The highest BCUT2D eigenvalue weighted by Gasteiger charge is 2.36. The third kappa shape index (κ3) is 4.38. The van der Waals surface area contributed by atoms with Gasteiger partial charge in [-0.25, -0.2) is 0 Å². The number of Topliss-reactive ketones (excluding diaryl/α,β-unsaturated/α-hetero) is 1.